The van der Waals surface area contributed by atoms with Gasteiger partial charge in [0.2, 0.25) is 0 Å². The Morgan fingerprint density at radius 1 is 1.47 bits per heavy atom. The highest BCUT2D eigenvalue weighted by molar-refractivity contribution is 7.08. The third-order valence-corrected chi connectivity index (χ3v) is 3.83. The van der Waals surface area contributed by atoms with Crippen molar-refractivity contribution in [2.45, 2.75) is 38.8 Å². The zero-order chi connectivity index (χ0) is 10.5. The summed E-state index contributed by atoms with van der Waals surface area (Å²) in [5, 5.41) is 7.91. The smallest absolute Gasteiger partial charge is 0.0699 e. The van der Waals surface area contributed by atoms with Gasteiger partial charge in [-0.3, -0.25) is 0 Å². The van der Waals surface area contributed by atoms with Crippen molar-refractivity contribution in [2.24, 2.45) is 0 Å². The van der Waals surface area contributed by atoms with E-state index in [2.05, 4.69) is 23.0 Å². The molecule has 2 rings (SSSR count). The highest BCUT2D eigenvalue weighted by atomic mass is 32.1. The van der Waals surface area contributed by atoms with Gasteiger partial charge in [0.15, 0.2) is 0 Å². The minimum atomic E-state index is 0.442. The summed E-state index contributed by atoms with van der Waals surface area (Å²) in [6.45, 7) is 5.10. The molecule has 2 nitrogen and oxygen atoms in total. The molecule has 1 N–H and O–H groups in total. The Morgan fingerprint density at radius 3 is 3.07 bits per heavy atom. The van der Waals surface area contributed by atoms with Crippen LogP contribution in [0, 0.1) is 6.92 Å². The summed E-state index contributed by atoms with van der Waals surface area (Å²) in [6.07, 6.45) is 4.22. The maximum Gasteiger partial charge on any atom is 0.0699 e. The van der Waals surface area contributed by atoms with Crippen LogP contribution in [-0.4, -0.2) is 19.3 Å². The van der Waals surface area contributed by atoms with Crippen molar-refractivity contribution in [1.82, 2.24) is 5.32 Å². The number of ether oxygens (including phenoxy) is 1. The maximum atomic E-state index is 5.67. The van der Waals surface area contributed by atoms with Gasteiger partial charge in [-0.15, -0.1) is 0 Å². The van der Waals surface area contributed by atoms with E-state index in [1.165, 1.54) is 30.4 Å². The number of hydrogen-bond donors (Lipinski definition) is 1. The van der Waals surface area contributed by atoms with Crippen LogP contribution in [0.2, 0.25) is 0 Å². The second-order valence-corrected chi connectivity index (χ2v) is 4.94. The fourth-order valence-corrected chi connectivity index (χ4v) is 2.76. The van der Waals surface area contributed by atoms with Gasteiger partial charge in [-0.2, -0.15) is 11.3 Å². The average Bonchev–Trinajstić information content (AvgIpc) is 2.66. The Balaban J connectivity index is 1.68. The normalized spacial score (nSPS) is 21.8. The number of rotatable bonds is 4. The lowest BCUT2D eigenvalue weighted by atomic mass is 10.1. The molecule has 0 bridgehead atoms. The van der Waals surface area contributed by atoms with E-state index in [1.807, 2.05) is 0 Å². The van der Waals surface area contributed by atoms with Gasteiger partial charge < -0.3 is 10.1 Å². The number of nitrogens with one attached hydrogen (secondary N) is 1. The Bertz CT molecular complexity index is 292. The number of aryl methyl sites for hydroxylation is 1. The largest absolute Gasteiger partial charge is 0.377 e. The Kier molecular flexibility index (Phi) is 4.18. The summed E-state index contributed by atoms with van der Waals surface area (Å²) in [7, 11) is 0. The molecule has 0 spiro atoms. The van der Waals surface area contributed by atoms with Crippen LogP contribution in [0.25, 0.3) is 0 Å². The lowest BCUT2D eigenvalue weighted by Gasteiger charge is -2.22. The lowest BCUT2D eigenvalue weighted by molar-refractivity contribution is 0.0168. The fraction of sp³-hybridized carbons (Fsp3) is 0.667. The van der Waals surface area contributed by atoms with Gasteiger partial charge in [0.25, 0.3) is 0 Å². The molecule has 0 amide bonds. The molecule has 84 valence electrons. The quantitative estimate of drug-likeness (QED) is 0.850. The first-order valence-electron chi connectivity index (χ1n) is 5.70. The van der Waals surface area contributed by atoms with Crippen molar-refractivity contribution in [3.8, 4) is 0 Å². The lowest BCUT2D eigenvalue weighted by Crippen LogP contribution is -2.31. The third kappa shape index (κ3) is 3.30. The van der Waals surface area contributed by atoms with Crippen molar-refractivity contribution in [1.29, 1.82) is 0 Å². The minimum absolute atomic E-state index is 0.442. The molecular formula is C12H19NOS. The summed E-state index contributed by atoms with van der Waals surface area (Å²) in [6, 6.07) is 0. The van der Waals surface area contributed by atoms with Crippen molar-refractivity contribution in [3.05, 3.63) is 21.9 Å². The van der Waals surface area contributed by atoms with Gasteiger partial charge in [0.05, 0.1) is 6.10 Å². The monoisotopic (exact) mass is 225 g/mol. The van der Waals surface area contributed by atoms with E-state index in [9.17, 15) is 0 Å². The molecule has 2 heterocycles. The third-order valence-electron chi connectivity index (χ3n) is 2.92. The van der Waals surface area contributed by atoms with Gasteiger partial charge >= 0.3 is 0 Å². The average molecular weight is 225 g/mol. The van der Waals surface area contributed by atoms with Crippen molar-refractivity contribution in [2.75, 3.05) is 13.2 Å². The molecule has 0 saturated carbocycles. The molecule has 15 heavy (non-hydrogen) atoms. The summed E-state index contributed by atoms with van der Waals surface area (Å²) in [5.41, 5.74) is 2.83. The number of hydrogen-bond acceptors (Lipinski definition) is 3. The Morgan fingerprint density at radius 2 is 2.40 bits per heavy atom. The van der Waals surface area contributed by atoms with E-state index in [-0.39, 0.29) is 0 Å². The van der Waals surface area contributed by atoms with Gasteiger partial charge in [0, 0.05) is 19.7 Å². The number of thiophene rings is 1. The molecule has 0 radical (unpaired) electrons. The molecule has 1 aliphatic rings. The van der Waals surface area contributed by atoms with Crippen molar-refractivity contribution >= 4 is 11.3 Å². The van der Waals surface area contributed by atoms with Gasteiger partial charge in [-0.1, -0.05) is 0 Å². The van der Waals surface area contributed by atoms with Crippen molar-refractivity contribution < 1.29 is 4.74 Å². The van der Waals surface area contributed by atoms with Crippen molar-refractivity contribution in [3.63, 3.8) is 0 Å². The van der Waals surface area contributed by atoms with Crippen LogP contribution in [0.15, 0.2) is 10.8 Å². The molecule has 1 atom stereocenters. The highest BCUT2D eigenvalue weighted by Crippen LogP contribution is 2.14. The minimum Gasteiger partial charge on any atom is -0.377 e. The first kappa shape index (κ1) is 11.1. The van der Waals surface area contributed by atoms with E-state index < -0.39 is 0 Å². The molecule has 1 unspecified atom stereocenters. The molecule has 1 fully saturated rings. The maximum absolute atomic E-state index is 5.67. The molecule has 1 aromatic heterocycles. The summed E-state index contributed by atoms with van der Waals surface area (Å²) >= 11 is 1.78. The van der Waals surface area contributed by atoms with Crippen LogP contribution in [-0.2, 0) is 11.3 Å². The van der Waals surface area contributed by atoms with E-state index in [0.717, 1.165) is 19.7 Å². The van der Waals surface area contributed by atoms with Gasteiger partial charge in [-0.05, 0) is 48.1 Å². The van der Waals surface area contributed by atoms with Crippen LogP contribution < -0.4 is 5.32 Å². The first-order valence-corrected chi connectivity index (χ1v) is 6.64. The van der Waals surface area contributed by atoms with E-state index >= 15 is 0 Å². The molecule has 1 aliphatic heterocycles. The predicted molar refractivity (Wildman–Crippen MR) is 64.4 cm³/mol. The van der Waals surface area contributed by atoms with Crippen LogP contribution in [0.4, 0.5) is 0 Å². The van der Waals surface area contributed by atoms with Gasteiger partial charge in [-0.25, -0.2) is 0 Å². The summed E-state index contributed by atoms with van der Waals surface area (Å²) < 4.78 is 5.67. The van der Waals surface area contributed by atoms with Gasteiger partial charge in [0.1, 0.15) is 0 Å². The summed E-state index contributed by atoms with van der Waals surface area (Å²) in [4.78, 5) is 0. The molecule has 0 aromatic carbocycles. The molecular weight excluding hydrogens is 206 g/mol. The summed E-state index contributed by atoms with van der Waals surface area (Å²) in [5.74, 6) is 0. The van der Waals surface area contributed by atoms with Crippen LogP contribution >= 0.6 is 11.3 Å². The second kappa shape index (κ2) is 5.64. The van der Waals surface area contributed by atoms with Crippen LogP contribution in [0.5, 0.6) is 0 Å². The van der Waals surface area contributed by atoms with Crippen LogP contribution in [0.1, 0.15) is 30.4 Å². The molecule has 1 saturated heterocycles. The second-order valence-electron chi connectivity index (χ2n) is 4.20. The highest BCUT2D eigenvalue weighted by Gasteiger charge is 2.12. The van der Waals surface area contributed by atoms with E-state index in [4.69, 9.17) is 4.74 Å². The molecule has 1 aromatic rings. The molecule has 0 aliphatic carbocycles. The van der Waals surface area contributed by atoms with Crippen LogP contribution in [0.3, 0.4) is 0 Å². The first-order chi connectivity index (χ1) is 7.36. The predicted octanol–water partition coefficient (Wildman–Crippen LogP) is 2.72. The topological polar surface area (TPSA) is 21.3 Å². The fourth-order valence-electron chi connectivity index (χ4n) is 1.90. The zero-order valence-electron chi connectivity index (χ0n) is 9.29. The van der Waals surface area contributed by atoms with E-state index in [0.29, 0.717) is 6.10 Å². The Labute approximate surface area is 95.6 Å². The zero-order valence-corrected chi connectivity index (χ0v) is 10.1. The Hall–Kier alpha value is -0.380. The van der Waals surface area contributed by atoms with E-state index in [1.54, 1.807) is 11.3 Å². The standard InChI is InChI=1S/C12H19NOS/c1-10-8-15-9-11(10)6-13-7-12-4-2-3-5-14-12/h8-9,12-13H,2-7H2,1H3. The molecule has 3 heteroatoms. The SMILES string of the molecule is Cc1cscc1CNCC1CCCCO1.